The maximum absolute atomic E-state index is 8.19. The van der Waals surface area contributed by atoms with Gasteiger partial charge >= 0.3 is 0 Å². The van der Waals surface area contributed by atoms with Crippen LogP contribution in [-0.2, 0) is 0 Å². The standard InChI is InChI=1S/C12H24N2/c1-9(2)10-7-6-8-14(10)11(13)12(3,4)5/h9-10,13H,6-8H2,1-5H3. The van der Waals surface area contributed by atoms with Crippen LogP contribution in [0.1, 0.15) is 47.5 Å². The number of hydrogen-bond acceptors (Lipinski definition) is 1. The summed E-state index contributed by atoms with van der Waals surface area (Å²) in [7, 11) is 0. The van der Waals surface area contributed by atoms with Crippen molar-refractivity contribution in [2.24, 2.45) is 11.3 Å². The average molecular weight is 196 g/mol. The zero-order valence-electron chi connectivity index (χ0n) is 10.2. The van der Waals surface area contributed by atoms with Gasteiger partial charge in [0.2, 0.25) is 0 Å². The minimum Gasteiger partial charge on any atom is -0.357 e. The summed E-state index contributed by atoms with van der Waals surface area (Å²) in [5.41, 5.74) is -0.00250. The van der Waals surface area contributed by atoms with Gasteiger partial charge in [-0.25, -0.2) is 0 Å². The molecule has 1 atom stereocenters. The van der Waals surface area contributed by atoms with E-state index in [1.165, 1.54) is 12.8 Å². The molecule has 14 heavy (non-hydrogen) atoms. The van der Waals surface area contributed by atoms with Crippen molar-refractivity contribution in [3.05, 3.63) is 0 Å². The minimum atomic E-state index is -0.00250. The largest absolute Gasteiger partial charge is 0.357 e. The Morgan fingerprint density at radius 3 is 2.36 bits per heavy atom. The highest BCUT2D eigenvalue weighted by atomic mass is 15.2. The predicted octanol–water partition coefficient (Wildman–Crippen LogP) is 3.13. The van der Waals surface area contributed by atoms with Gasteiger partial charge in [-0.05, 0) is 18.8 Å². The summed E-state index contributed by atoms with van der Waals surface area (Å²) in [5.74, 6) is 1.48. The molecule has 0 aromatic rings. The average Bonchev–Trinajstić information content (AvgIpc) is 2.48. The van der Waals surface area contributed by atoms with E-state index in [-0.39, 0.29) is 5.41 Å². The van der Waals surface area contributed by atoms with Crippen molar-refractivity contribution in [1.82, 2.24) is 4.90 Å². The van der Waals surface area contributed by atoms with Crippen LogP contribution in [-0.4, -0.2) is 23.3 Å². The van der Waals surface area contributed by atoms with Gasteiger partial charge in [0.25, 0.3) is 0 Å². The predicted molar refractivity (Wildman–Crippen MR) is 61.7 cm³/mol. The number of likely N-dealkylation sites (tertiary alicyclic amines) is 1. The summed E-state index contributed by atoms with van der Waals surface area (Å²) in [6, 6.07) is 0.599. The van der Waals surface area contributed by atoms with Gasteiger partial charge < -0.3 is 4.90 Å². The van der Waals surface area contributed by atoms with E-state index in [0.29, 0.717) is 12.0 Å². The molecule has 1 unspecified atom stereocenters. The molecule has 1 heterocycles. The molecule has 0 radical (unpaired) electrons. The van der Waals surface area contributed by atoms with Crippen LogP contribution in [0.2, 0.25) is 0 Å². The van der Waals surface area contributed by atoms with Crippen LogP contribution in [0, 0.1) is 16.7 Å². The molecule has 1 saturated heterocycles. The van der Waals surface area contributed by atoms with Crippen LogP contribution in [0.5, 0.6) is 0 Å². The molecule has 1 N–H and O–H groups in total. The Balaban J connectivity index is 2.72. The Labute approximate surface area is 88.2 Å². The van der Waals surface area contributed by atoms with Crippen molar-refractivity contribution in [2.75, 3.05) is 6.54 Å². The zero-order valence-corrected chi connectivity index (χ0v) is 10.2. The molecule has 0 saturated carbocycles. The van der Waals surface area contributed by atoms with E-state index in [0.717, 1.165) is 12.4 Å². The lowest BCUT2D eigenvalue weighted by Crippen LogP contribution is -2.43. The third kappa shape index (κ3) is 2.28. The SMILES string of the molecule is CC(C)C1CCCN1C(=N)C(C)(C)C. The van der Waals surface area contributed by atoms with E-state index in [4.69, 9.17) is 5.41 Å². The minimum absolute atomic E-state index is 0.00250. The lowest BCUT2D eigenvalue weighted by Gasteiger charge is -2.35. The topological polar surface area (TPSA) is 27.1 Å². The van der Waals surface area contributed by atoms with Gasteiger partial charge in [0.1, 0.15) is 5.84 Å². The second kappa shape index (κ2) is 3.92. The molecule has 0 aromatic carbocycles. The first kappa shape index (κ1) is 11.5. The zero-order chi connectivity index (χ0) is 10.9. The summed E-state index contributed by atoms with van der Waals surface area (Å²) in [5, 5.41) is 8.19. The van der Waals surface area contributed by atoms with Gasteiger partial charge in [-0.3, -0.25) is 5.41 Å². The van der Waals surface area contributed by atoms with Crippen LogP contribution in [0.3, 0.4) is 0 Å². The van der Waals surface area contributed by atoms with Crippen molar-refractivity contribution >= 4 is 5.84 Å². The summed E-state index contributed by atoms with van der Waals surface area (Å²) >= 11 is 0. The molecule has 0 bridgehead atoms. The van der Waals surface area contributed by atoms with E-state index >= 15 is 0 Å². The highest BCUT2D eigenvalue weighted by molar-refractivity contribution is 5.84. The monoisotopic (exact) mass is 196 g/mol. The third-order valence-corrected chi connectivity index (χ3v) is 3.07. The maximum atomic E-state index is 8.19. The Hall–Kier alpha value is -0.530. The molecule has 0 aliphatic carbocycles. The Kier molecular flexibility index (Phi) is 3.23. The molecule has 0 aromatic heterocycles. The van der Waals surface area contributed by atoms with Crippen LogP contribution in [0.4, 0.5) is 0 Å². The van der Waals surface area contributed by atoms with E-state index in [1.54, 1.807) is 0 Å². The lowest BCUT2D eigenvalue weighted by molar-refractivity contribution is 0.283. The van der Waals surface area contributed by atoms with Crippen LogP contribution in [0.15, 0.2) is 0 Å². The Bertz CT molecular complexity index is 213. The molecule has 1 fully saturated rings. The number of nitrogens with zero attached hydrogens (tertiary/aromatic N) is 1. The molecule has 1 rings (SSSR count). The summed E-state index contributed by atoms with van der Waals surface area (Å²) in [6.45, 7) is 12.0. The quantitative estimate of drug-likeness (QED) is 0.506. The van der Waals surface area contributed by atoms with Crippen molar-refractivity contribution in [3.8, 4) is 0 Å². The third-order valence-electron chi connectivity index (χ3n) is 3.07. The first-order valence-electron chi connectivity index (χ1n) is 5.69. The number of hydrogen-bond donors (Lipinski definition) is 1. The maximum Gasteiger partial charge on any atom is 0.102 e. The fourth-order valence-corrected chi connectivity index (χ4v) is 2.19. The first-order chi connectivity index (χ1) is 6.34. The molecule has 0 amide bonds. The van der Waals surface area contributed by atoms with Gasteiger partial charge in [-0.1, -0.05) is 34.6 Å². The summed E-state index contributed by atoms with van der Waals surface area (Å²) in [6.07, 6.45) is 2.51. The molecular weight excluding hydrogens is 172 g/mol. The van der Waals surface area contributed by atoms with Crippen molar-refractivity contribution in [3.63, 3.8) is 0 Å². The van der Waals surface area contributed by atoms with Gasteiger partial charge in [0.05, 0.1) is 0 Å². The first-order valence-corrected chi connectivity index (χ1v) is 5.69. The molecule has 1 aliphatic rings. The van der Waals surface area contributed by atoms with Gasteiger partial charge in [-0.15, -0.1) is 0 Å². The Morgan fingerprint density at radius 1 is 1.36 bits per heavy atom. The van der Waals surface area contributed by atoms with E-state index in [1.807, 2.05) is 0 Å². The highest BCUT2D eigenvalue weighted by Gasteiger charge is 2.33. The highest BCUT2D eigenvalue weighted by Crippen LogP contribution is 2.29. The van der Waals surface area contributed by atoms with E-state index in [9.17, 15) is 0 Å². The smallest absolute Gasteiger partial charge is 0.102 e. The van der Waals surface area contributed by atoms with Gasteiger partial charge in [-0.2, -0.15) is 0 Å². The van der Waals surface area contributed by atoms with Gasteiger partial charge in [0, 0.05) is 18.0 Å². The van der Waals surface area contributed by atoms with Crippen molar-refractivity contribution < 1.29 is 0 Å². The fraction of sp³-hybridized carbons (Fsp3) is 0.917. The second-order valence-electron chi connectivity index (χ2n) is 5.75. The summed E-state index contributed by atoms with van der Waals surface area (Å²) in [4.78, 5) is 2.31. The Morgan fingerprint density at radius 2 is 1.93 bits per heavy atom. The van der Waals surface area contributed by atoms with Crippen LogP contribution >= 0.6 is 0 Å². The van der Waals surface area contributed by atoms with E-state index in [2.05, 4.69) is 39.5 Å². The molecule has 82 valence electrons. The number of nitrogens with one attached hydrogen (secondary N) is 1. The second-order valence-corrected chi connectivity index (χ2v) is 5.75. The van der Waals surface area contributed by atoms with Crippen LogP contribution in [0.25, 0.3) is 0 Å². The fourth-order valence-electron chi connectivity index (χ4n) is 2.19. The lowest BCUT2D eigenvalue weighted by atomic mass is 9.92. The number of amidine groups is 1. The van der Waals surface area contributed by atoms with Crippen molar-refractivity contribution in [1.29, 1.82) is 5.41 Å². The normalized spacial score (nSPS) is 23.3. The molecule has 0 spiro atoms. The van der Waals surface area contributed by atoms with E-state index < -0.39 is 0 Å². The van der Waals surface area contributed by atoms with Crippen molar-refractivity contribution in [2.45, 2.75) is 53.5 Å². The molecular formula is C12H24N2. The van der Waals surface area contributed by atoms with Crippen LogP contribution < -0.4 is 0 Å². The molecule has 1 aliphatic heterocycles. The molecule has 2 nitrogen and oxygen atoms in total. The number of rotatable bonds is 1. The van der Waals surface area contributed by atoms with Gasteiger partial charge in [0.15, 0.2) is 0 Å². The molecule has 2 heteroatoms. The summed E-state index contributed by atoms with van der Waals surface area (Å²) < 4.78 is 0.